The summed E-state index contributed by atoms with van der Waals surface area (Å²) in [7, 11) is 0. The van der Waals surface area contributed by atoms with Crippen LogP contribution in [-0.4, -0.2) is 17.6 Å². The van der Waals surface area contributed by atoms with Gasteiger partial charge in [-0.25, -0.2) is 0 Å². The molecule has 2 unspecified atom stereocenters. The molecule has 84 valence electrons. The average molecular weight is 201 g/mol. The largest absolute Gasteiger partial charge is 0.481 e. The van der Waals surface area contributed by atoms with Crippen molar-refractivity contribution in [2.75, 3.05) is 6.54 Å². The molecule has 0 aliphatic rings. The van der Waals surface area contributed by atoms with Crippen molar-refractivity contribution < 1.29 is 9.90 Å². The van der Waals surface area contributed by atoms with Gasteiger partial charge < -0.3 is 10.8 Å². The Morgan fingerprint density at radius 2 is 1.86 bits per heavy atom. The fraction of sp³-hybridized carbons (Fsp3) is 0.909. The van der Waals surface area contributed by atoms with Crippen LogP contribution in [0.25, 0.3) is 0 Å². The van der Waals surface area contributed by atoms with Gasteiger partial charge in [0.05, 0.1) is 0 Å². The van der Waals surface area contributed by atoms with Crippen LogP contribution in [-0.2, 0) is 4.79 Å². The smallest absolute Gasteiger partial charge is 0.303 e. The summed E-state index contributed by atoms with van der Waals surface area (Å²) in [5, 5.41) is 8.65. The quantitative estimate of drug-likeness (QED) is 0.663. The van der Waals surface area contributed by atoms with Gasteiger partial charge >= 0.3 is 5.97 Å². The summed E-state index contributed by atoms with van der Waals surface area (Å²) in [6.45, 7) is 7.02. The van der Waals surface area contributed by atoms with E-state index in [-0.39, 0.29) is 12.3 Å². The van der Waals surface area contributed by atoms with E-state index in [9.17, 15) is 4.79 Å². The lowest BCUT2D eigenvalue weighted by Crippen LogP contribution is -2.20. The Morgan fingerprint density at radius 3 is 2.21 bits per heavy atom. The predicted octanol–water partition coefficient (Wildman–Crippen LogP) is 2.11. The fourth-order valence-electron chi connectivity index (χ4n) is 1.98. The summed E-state index contributed by atoms with van der Waals surface area (Å²) in [6.07, 6.45) is 2.29. The summed E-state index contributed by atoms with van der Waals surface area (Å²) < 4.78 is 0. The first-order valence-electron chi connectivity index (χ1n) is 5.37. The van der Waals surface area contributed by atoms with E-state index >= 15 is 0 Å². The Labute approximate surface area is 86.7 Å². The molecule has 3 N–H and O–H groups in total. The molecule has 0 aromatic heterocycles. The monoisotopic (exact) mass is 201 g/mol. The van der Waals surface area contributed by atoms with E-state index in [1.165, 1.54) is 0 Å². The van der Waals surface area contributed by atoms with E-state index in [1.54, 1.807) is 0 Å². The van der Waals surface area contributed by atoms with Gasteiger partial charge in [0.15, 0.2) is 0 Å². The van der Waals surface area contributed by atoms with Crippen molar-refractivity contribution in [1.29, 1.82) is 0 Å². The highest BCUT2D eigenvalue weighted by molar-refractivity contribution is 5.67. The minimum atomic E-state index is -0.739. The highest BCUT2D eigenvalue weighted by atomic mass is 16.4. The Bertz CT molecular complexity index is 169. The molecule has 0 saturated heterocycles. The zero-order valence-corrected chi connectivity index (χ0v) is 9.49. The van der Waals surface area contributed by atoms with Crippen molar-refractivity contribution in [3.8, 4) is 0 Å². The molecule has 0 spiro atoms. The lowest BCUT2D eigenvalue weighted by Gasteiger charge is -2.19. The normalized spacial score (nSPS) is 15.5. The second-order valence-electron chi connectivity index (χ2n) is 4.67. The van der Waals surface area contributed by atoms with Crippen LogP contribution >= 0.6 is 0 Å². The number of carboxylic acids is 1. The van der Waals surface area contributed by atoms with E-state index in [1.807, 2.05) is 0 Å². The lowest BCUT2D eigenvalue weighted by molar-refractivity contribution is -0.138. The van der Waals surface area contributed by atoms with Crippen LogP contribution in [0.3, 0.4) is 0 Å². The van der Waals surface area contributed by atoms with Crippen LogP contribution in [0.2, 0.25) is 0 Å². The van der Waals surface area contributed by atoms with Gasteiger partial charge in [0.1, 0.15) is 0 Å². The third-order valence-corrected chi connectivity index (χ3v) is 2.41. The third-order valence-electron chi connectivity index (χ3n) is 2.41. The second-order valence-corrected chi connectivity index (χ2v) is 4.67. The van der Waals surface area contributed by atoms with E-state index in [2.05, 4.69) is 20.8 Å². The second kappa shape index (κ2) is 6.82. The molecule has 0 aromatic rings. The van der Waals surface area contributed by atoms with Gasteiger partial charge in [-0.3, -0.25) is 4.79 Å². The first-order valence-corrected chi connectivity index (χ1v) is 5.37. The van der Waals surface area contributed by atoms with Crippen molar-refractivity contribution in [2.45, 2.75) is 40.0 Å². The van der Waals surface area contributed by atoms with Gasteiger partial charge in [0, 0.05) is 6.42 Å². The SMILES string of the molecule is CC(C)CC(C)CC(CN)CC(=O)O. The zero-order chi connectivity index (χ0) is 11.1. The van der Waals surface area contributed by atoms with Crippen molar-refractivity contribution in [3.05, 3.63) is 0 Å². The van der Waals surface area contributed by atoms with Crippen LogP contribution in [0, 0.1) is 17.8 Å². The van der Waals surface area contributed by atoms with Gasteiger partial charge in [0.25, 0.3) is 0 Å². The zero-order valence-electron chi connectivity index (χ0n) is 9.49. The molecular formula is C11H23NO2. The molecule has 3 nitrogen and oxygen atoms in total. The first-order chi connectivity index (χ1) is 6.45. The minimum Gasteiger partial charge on any atom is -0.481 e. The highest BCUT2D eigenvalue weighted by Gasteiger charge is 2.15. The average Bonchev–Trinajstić information content (AvgIpc) is 2.00. The molecule has 0 aliphatic carbocycles. The fourth-order valence-corrected chi connectivity index (χ4v) is 1.98. The van der Waals surface area contributed by atoms with Crippen molar-refractivity contribution >= 4 is 5.97 Å². The molecule has 0 fully saturated rings. The van der Waals surface area contributed by atoms with Gasteiger partial charge in [-0.2, -0.15) is 0 Å². The predicted molar refractivity (Wildman–Crippen MR) is 58.0 cm³/mol. The molecule has 0 radical (unpaired) electrons. The minimum absolute atomic E-state index is 0.140. The Kier molecular flexibility index (Phi) is 6.54. The number of hydrogen-bond acceptors (Lipinski definition) is 2. The van der Waals surface area contributed by atoms with E-state index in [4.69, 9.17) is 10.8 Å². The van der Waals surface area contributed by atoms with Gasteiger partial charge in [-0.05, 0) is 37.1 Å². The molecule has 0 aromatic carbocycles. The van der Waals surface area contributed by atoms with E-state index in [0.29, 0.717) is 18.4 Å². The number of carboxylic acid groups (broad SMARTS) is 1. The summed E-state index contributed by atoms with van der Waals surface area (Å²) >= 11 is 0. The van der Waals surface area contributed by atoms with Gasteiger partial charge in [0.2, 0.25) is 0 Å². The maximum absolute atomic E-state index is 10.5. The standard InChI is InChI=1S/C11H23NO2/c1-8(2)4-9(3)5-10(7-12)6-11(13)14/h8-10H,4-7,12H2,1-3H3,(H,13,14). The van der Waals surface area contributed by atoms with Gasteiger partial charge in [-0.15, -0.1) is 0 Å². The van der Waals surface area contributed by atoms with Crippen LogP contribution < -0.4 is 5.73 Å². The number of nitrogens with two attached hydrogens (primary N) is 1. The Balaban J connectivity index is 3.85. The Hall–Kier alpha value is -0.570. The number of aliphatic carboxylic acids is 1. The molecule has 0 bridgehead atoms. The maximum atomic E-state index is 10.5. The maximum Gasteiger partial charge on any atom is 0.303 e. The summed E-state index contributed by atoms with van der Waals surface area (Å²) in [6, 6.07) is 0. The third kappa shape index (κ3) is 6.89. The summed E-state index contributed by atoms with van der Waals surface area (Å²) in [5.41, 5.74) is 5.54. The molecule has 2 atom stereocenters. The molecule has 0 aliphatic heterocycles. The molecule has 3 heteroatoms. The van der Waals surface area contributed by atoms with Crippen LogP contribution in [0.15, 0.2) is 0 Å². The molecule has 14 heavy (non-hydrogen) atoms. The summed E-state index contributed by atoms with van der Waals surface area (Å²) in [4.78, 5) is 10.5. The van der Waals surface area contributed by atoms with Crippen LogP contribution in [0.5, 0.6) is 0 Å². The molecule has 0 rings (SSSR count). The molecular weight excluding hydrogens is 178 g/mol. The van der Waals surface area contributed by atoms with E-state index < -0.39 is 5.97 Å². The molecule has 0 heterocycles. The lowest BCUT2D eigenvalue weighted by atomic mass is 9.88. The van der Waals surface area contributed by atoms with Crippen molar-refractivity contribution in [3.63, 3.8) is 0 Å². The summed E-state index contributed by atoms with van der Waals surface area (Å²) in [5.74, 6) is 0.648. The Morgan fingerprint density at radius 1 is 1.29 bits per heavy atom. The topological polar surface area (TPSA) is 63.3 Å². The number of rotatable bonds is 7. The highest BCUT2D eigenvalue weighted by Crippen LogP contribution is 2.20. The molecule has 0 amide bonds. The first kappa shape index (κ1) is 13.4. The van der Waals surface area contributed by atoms with Crippen LogP contribution in [0.4, 0.5) is 0 Å². The number of carbonyl (C=O) groups is 1. The van der Waals surface area contributed by atoms with Crippen LogP contribution in [0.1, 0.15) is 40.0 Å². The van der Waals surface area contributed by atoms with Crippen molar-refractivity contribution in [2.24, 2.45) is 23.5 Å². The van der Waals surface area contributed by atoms with Crippen molar-refractivity contribution in [1.82, 2.24) is 0 Å². The molecule has 0 saturated carbocycles. The van der Waals surface area contributed by atoms with Gasteiger partial charge in [-0.1, -0.05) is 20.8 Å². The van der Waals surface area contributed by atoms with E-state index in [0.717, 1.165) is 12.8 Å². The number of hydrogen-bond donors (Lipinski definition) is 2.